The number of piperidine rings is 1. The predicted octanol–water partition coefficient (Wildman–Crippen LogP) is 1.41. The van der Waals surface area contributed by atoms with Crippen molar-refractivity contribution in [3.8, 4) is 5.75 Å². The van der Waals surface area contributed by atoms with Crippen LogP contribution in [0.1, 0.15) is 12.8 Å². The van der Waals surface area contributed by atoms with Crippen LogP contribution in [-0.2, 0) is 4.79 Å². The molecule has 1 aliphatic rings. The Hall–Kier alpha value is -1.37. The number of amides is 1. The van der Waals surface area contributed by atoms with Gasteiger partial charge in [0.05, 0.1) is 5.92 Å². The first kappa shape index (κ1) is 19.7. The van der Waals surface area contributed by atoms with Gasteiger partial charge in [0, 0.05) is 26.2 Å². The van der Waals surface area contributed by atoms with Gasteiger partial charge in [0.25, 0.3) is 0 Å². The number of nitrogens with one attached hydrogen (secondary N) is 1. The lowest BCUT2D eigenvalue weighted by molar-refractivity contribution is -0.126. The molecule has 1 saturated heterocycles. The molecule has 1 fully saturated rings. The normalized spacial score (nSPS) is 18.1. The van der Waals surface area contributed by atoms with Gasteiger partial charge in [0.15, 0.2) is 0 Å². The molecule has 23 heavy (non-hydrogen) atoms. The van der Waals surface area contributed by atoms with Crippen molar-refractivity contribution in [2.75, 3.05) is 39.3 Å². The Kier molecular flexibility index (Phi) is 8.91. The Balaban J connectivity index is 0.00000264. The number of rotatable bonds is 7. The van der Waals surface area contributed by atoms with Gasteiger partial charge in [-0.2, -0.15) is 0 Å². The Morgan fingerprint density at radius 2 is 2.13 bits per heavy atom. The van der Waals surface area contributed by atoms with Gasteiger partial charge in [-0.3, -0.25) is 9.69 Å². The number of halogens is 2. The molecule has 1 aromatic carbocycles. The first-order valence-electron chi connectivity index (χ1n) is 7.77. The summed E-state index contributed by atoms with van der Waals surface area (Å²) in [4.78, 5) is 14.2. The molecule has 7 heteroatoms. The van der Waals surface area contributed by atoms with Crippen LogP contribution >= 0.6 is 12.4 Å². The third kappa shape index (κ3) is 6.72. The highest BCUT2D eigenvalue weighted by Crippen LogP contribution is 2.17. The molecule has 1 amide bonds. The van der Waals surface area contributed by atoms with E-state index in [2.05, 4.69) is 10.2 Å². The lowest BCUT2D eigenvalue weighted by Crippen LogP contribution is -2.45. The van der Waals surface area contributed by atoms with Crippen LogP contribution in [0, 0.1) is 11.7 Å². The topological polar surface area (TPSA) is 67.6 Å². The number of hydrogen-bond donors (Lipinski definition) is 2. The average molecular weight is 346 g/mol. The lowest BCUT2D eigenvalue weighted by atomic mass is 9.97. The van der Waals surface area contributed by atoms with E-state index in [9.17, 15) is 9.18 Å². The van der Waals surface area contributed by atoms with Gasteiger partial charge in [-0.25, -0.2) is 4.39 Å². The summed E-state index contributed by atoms with van der Waals surface area (Å²) < 4.78 is 18.4. The molecular weight excluding hydrogens is 321 g/mol. The molecule has 0 aromatic heterocycles. The fraction of sp³-hybridized carbons (Fsp3) is 0.562. The van der Waals surface area contributed by atoms with E-state index in [-0.39, 0.29) is 30.0 Å². The second-order valence-electron chi connectivity index (χ2n) is 5.52. The number of hydrogen-bond acceptors (Lipinski definition) is 4. The SMILES string of the molecule is Cl.NCCNC(=O)C1CCCN(CCOc2ccc(F)cc2)C1. The largest absolute Gasteiger partial charge is 0.492 e. The van der Waals surface area contributed by atoms with Crippen molar-refractivity contribution in [3.05, 3.63) is 30.1 Å². The van der Waals surface area contributed by atoms with Gasteiger partial charge in [-0.15, -0.1) is 12.4 Å². The van der Waals surface area contributed by atoms with Gasteiger partial charge in [-0.1, -0.05) is 0 Å². The summed E-state index contributed by atoms with van der Waals surface area (Å²) in [5, 5.41) is 2.85. The van der Waals surface area contributed by atoms with Gasteiger partial charge < -0.3 is 15.8 Å². The van der Waals surface area contributed by atoms with Crippen molar-refractivity contribution >= 4 is 18.3 Å². The summed E-state index contributed by atoms with van der Waals surface area (Å²) >= 11 is 0. The van der Waals surface area contributed by atoms with Crippen LogP contribution in [0.5, 0.6) is 5.75 Å². The molecule has 1 heterocycles. The highest BCUT2D eigenvalue weighted by atomic mass is 35.5. The number of carbonyl (C=O) groups is 1. The second-order valence-corrected chi connectivity index (χ2v) is 5.52. The summed E-state index contributed by atoms with van der Waals surface area (Å²) in [5.74, 6) is 0.520. The number of nitrogens with zero attached hydrogens (tertiary/aromatic N) is 1. The molecule has 5 nitrogen and oxygen atoms in total. The molecule has 1 aliphatic heterocycles. The van der Waals surface area contributed by atoms with E-state index in [0.29, 0.717) is 25.4 Å². The zero-order chi connectivity index (χ0) is 15.8. The van der Waals surface area contributed by atoms with Crippen LogP contribution in [-0.4, -0.2) is 50.1 Å². The van der Waals surface area contributed by atoms with E-state index in [1.54, 1.807) is 12.1 Å². The molecule has 0 radical (unpaired) electrons. The van der Waals surface area contributed by atoms with Crippen molar-refractivity contribution in [3.63, 3.8) is 0 Å². The highest BCUT2D eigenvalue weighted by molar-refractivity contribution is 5.85. The van der Waals surface area contributed by atoms with Crippen molar-refractivity contribution < 1.29 is 13.9 Å². The molecule has 3 N–H and O–H groups in total. The summed E-state index contributed by atoms with van der Waals surface area (Å²) in [7, 11) is 0. The molecule has 1 unspecified atom stereocenters. The van der Waals surface area contributed by atoms with E-state index in [1.807, 2.05) is 0 Å². The number of likely N-dealkylation sites (tertiary alicyclic amines) is 1. The molecule has 0 bridgehead atoms. The van der Waals surface area contributed by atoms with E-state index in [1.165, 1.54) is 12.1 Å². The molecule has 1 atom stereocenters. The molecule has 2 rings (SSSR count). The van der Waals surface area contributed by atoms with Gasteiger partial charge in [-0.05, 0) is 43.7 Å². The summed E-state index contributed by atoms with van der Waals surface area (Å²) in [6, 6.07) is 6.01. The van der Waals surface area contributed by atoms with Crippen LogP contribution in [0.15, 0.2) is 24.3 Å². The third-order valence-electron chi connectivity index (χ3n) is 3.81. The van der Waals surface area contributed by atoms with Crippen LogP contribution in [0.25, 0.3) is 0 Å². The molecule has 1 aromatic rings. The van der Waals surface area contributed by atoms with Crippen LogP contribution < -0.4 is 15.8 Å². The predicted molar refractivity (Wildman–Crippen MR) is 90.4 cm³/mol. The first-order chi connectivity index (χ1) is 10.7. The summed E-state index contributed by atoms with van der Waals surface area (Å²) in [6.07, 6.45) is 1.93. The van der Waals surface area contributed by atoms with E-state index in [4.69, 9.17) is 10.5 Å². The summed E-state index contributed by atoms with van der Waals surface area (Å²) in [6.45, 7) is 4.02. The van der Waals surface area contributed by atoms with Crippen molar-refractivity contribution in [1.29, 1.82) is 0 Å². The van der Waals surface area contributed by atoms with Gasteiger partial charge >= 0.3 is 0 Å². The van der Waals surface area contributed by atoms with Crippen LogP contribution in [0.3, 0.4) is 0 Å². The fourth-order valence-corrected chi connectivity index (χ4v) is 2.64. The minimum atomic E-state index is -0.269. The quantitative estimate of drug-likeness (QED) is 0.784. The van der Waals surface area contributed by atoms with Crippen molar-refractivity contribution in [2.45, 2.75) is 12.8 Å². The first-order valence-corrected chi connectivity index (χ1v) is 7.77. The van der Waals surface area contributed by atoms with Gasteiger partial charge in [0.2, 0.25) is 5.91 Å². The number of benzene rings is 1. The number of carbonyl (C=O) groups excluding carboxylic acids is 1. The Morgan fingerprint density at radius 3 is 2.83 bits per heavy atom. The zero-order valence-corrected chi connectivity index (χ0v) is 14.0. The maximum absolute atomic E-state index is 12.8. The molecular formula is C16H25ClFN3O2. The maximum Gasteiger partial charge on any atom is 0.224 e. The van der Waals surface area contributed by atoms with Crippen molar-refractivity contribution in [1.82, 2.24) is 10.2 Å². The zero-order valence-electron chi connectivity index (χ0n) is 13.2. The number of ether oxygens (including phenoxy) is 1. The maximum atomic E-state index is 12.8. The van der Waals surface area contributed by atoms with Gasteiger partial charge in [0.1, 0.15) is 18.2 Å². The smallest absolute Gasteiger partial charge is 0.224 e. The molecule has 0 saturated carbocycles. The summed E-state index contributed by atoms with van der Waals surface area (Å²) in [5.41, 5.74) is 5.40. The molecule has 130 valence electrons. The highest BCUT2D eigenvalue weighted by Gasteiger charge is 2.25. The van der Waals surface area contributed by atoms with Crippen LogP contribution in [0.2, 0.25) is 0 Å². The van der Waals surface area contributed by atoms with Crippen molar-refractivity contribution in [2.24, 2.45) is 11.7 Å². The standard InChI is InChI=1S/C16H24FN3O2.ClH/c17-14-3-5-15(6-4-14)22-11-10-20-9-1-2-13(12-20)16(21)19-8-7-18;/h3-6,13H,1-2,7-12,18H2,(H,19,21);1H. The molecule has 0 spiro atoms. The number of nitrogens with two attached hydrogens (primary N) is 1. The fourth-order valence-electron chi connectivity index (χ4n) is 2.64. The van der Waals surface area contributed by atoms with E-state index < -0.39 is 0 Å². The minimum absolute atomic E-state index is 0. The second kappa shape index (κ2) is 10.4. The Morgan fingerprint density at radius 1 is 1.39 bits per heavy atom. The third-order valence-corrected chi connectivity index (χ3v) is 3.81. The van der Waals surface area contributed by atoms with E-state index >= 15 is 0 Å². The minimum Gasteiger partial charge on any atom is -0.492 e. The monoisotopic (exact) mass is 345 g/mol. The average Bonchev–Trinajstić information content (AvgIpc) is 2.55. The Bertz CT molecular complexity index is 473. The van der Waals surface area contributed by atoms with E-state index in [0.717, 1.165) is 32.5 Å². The van der Waals surface area contributed by atoms with Crippen LogP contribution in [0.4, 0.5) is 4.39 Å². The molecule has 0 aliphatic carbocycles. The Labute approximate surface area is 142 Å². The lowest BCUT2D eigenvalue weighted by Gasteiger charge is -2.31.